The van der Waals surface area contributed by atoms with Crippen molar-refractivity contribution in [2.75, 3.05) is 31.5 Å². The lowest BCUT2D eigenvalue weighted by atomic mass is 10.1. The number of carbonyl (C=O) groups is 2. The number of guanidine groups is 1. The number of nitrogens with one attached hydrogen (secondary N) is 2. The average Bonchev–Trinajstić information content (AvgIpc) is 2.76. The van der Waals surface area contributed by atoms with Gasteiger partial charge in [0.15, 0.2) is 0 Å². The number of anilines is 1. The molecule has 0 unspecified atom stereocenters. The van der Waals surface area contributed by atoms with Crippen LogP contribution in [-0.4, -0.2) is 59.8 Å². The van der Waals surface area contributed by atoms with Gasteiger partial charge in [-0.15, -0.1) is 0 Å². The first-order chi connectivity index (χ1) is 14.6. The van der Waals surface area contributed by atoms with Crippen LogP contribution in [0.4, 0.5) is 10.1 Å². The maximum atomic E-state index is 13.0. The molecule has 30 heavy (non-hydrogen) atoms. The van der Waals surface area contributed by atoms with Crippen LogP contribution in [0.1, 0.15) is 12.0 Å². The van der Waals surface area contributed by atoms with Crippen LogP contribution < -0.4 is 10.6 Å². The van der Waals surface area contributed by atoms with E-state index in [1.165, 1.54) is 29.8 Å². The van der Waals surface area contributed by atoms with Crippen molar-refractivity contribution < 1.29 is 14.0 Å². The Morgan fingerprint density at radius 3 is 2.47 bits per heavy atom. The second kappa shape index (κ2) is 9.04. The van der Waals surface area contributed by atoms with Crippen molar-refractivity contribution in [2.24, 2.45) is 4.99 Å². The molecule has 2 aliphatic rings. The van der Waals surface area contributed by atoms with E-state index in [1.807, 2.05) is 23.1 Å². The summed E-state index contributed by atoms with van der Waals surface area (Å²) in [6, 6.07) is 15.0. The van der Waals surface area contributed by atoms with Gasteiger partial charge in [-0.2, -0.15) is 0 Å². The number of halogens is 1. The molecule has 2 amide bonds. The summed E-state index contributed by atoms with van der Waals surface area (Å²) in [5, 5.41) is 5.49. The van der Waals surface area contributed by atoms with Crippen LogP contribution in [0.2, 0.25) is 0 Å². The third-order valence-electron chi connectivity index (χ3n) is 5.24. The van der Waals surface area contributed by atoms with Gasteiger partial charge in [-0.3, -0.25) is 19.8 Å². The average molecular weight is 409 g/mol. The van der Waals surface area contributed by atoms with E-state index in [2.05, 4.69) is 32.7 Å². The Kier molecular flexibility index (Phi) is 6.04. The smallest absolute Gasteiger partial charge is 0.249 e. The number of nitrogens with zero attached hydrogens (tertiary/aromatic N) is 3. The standard InChI is InChI=1S/C22H24FN5O2/c23-17-6-8-18(9-7-17)24-21(30)19-14-20(29)26-22(25-19)28-12-10-27(11-13-28)15-16-4-2-1-3-5-16/h1-9,19H,10-15H2,(H,24,30)(H,25,26,29)/t19-/m1/s1. The number of rotatable bonds is 4. The van der Waals surface area contributed by atoms with Gasteiger partial charge in [-0.1, -0.05) is 30.3 Å². The fourth-order valence-electron chi connectivity index (χ4n) is 3.61. The van der Waals surface area contributed by atoms with Crippen molar-refractivity contribution >= 4 is 23.5 Å². The molecule has 2 aromatic carbocycles. The second-order valence-electron chi connectivity index (χ2n) is 7.47. The Labute approximate surface area is 174 Å². The van der Waals surface area contributed by atoms with Gasteiger partial charge in [0.25, 0.3) is 0 Å². The molecule has 4 rings (SSSR count). The van der Waals surface area contributed by atoms with E-state index in [-0.39, 0.29) is 24.1 Å². The molecule has 0 aliphatic carbocycles. The summed E-state index contributed by atoms with van der Waals surface area (Å²) in [6.07, 6.45) is -0.00942. The Morgan fingerprint density at radius 1 is 1.07 bits per heavy atom. The zero-order valence-corrected chi connectivity index (χ0v) is 16.6. The van der Waals surface area contributed by atoms with Crippen molar-refractivity contribution in [1.29, 1.82) is 0 Å². The molecule has 1 fully saturated rings. The normalized spacial score (nSPS) is 19.8. The third kappa shape index (κ3) is 5.01. The first-order valence-corrected chi connectivity index (χ1v) is 10.0. The van der Waals surface area contributed by atoms with Gasteiger partial charge < -0.3 is 10.2 Å². The van der Waals surface area contributed by atoms with Gasteiger partial charge >= 0.3 is 0 Å². The summed E-state index contributed by atoms with van der Waals surface area (Å²) >= 11 is 0. The molecule has 2 aromatic rings. The molecule has 1 saturated heterocycles. The molecule has 1 atom stereocenters. The summed E-state index contributed by atoms with van der Waals surface area (Å²) < 4.78 is 13.0. The lowest BCUT2D eigenvalue weighted by Gasteiger charge is -2.37. The lowest BCUT2D eigenvalue weighted by molar-refractivity contribution is -0.125. The minimum absolute atomic E-state index is 0.00942. The predicted octanol–water partition coefficient (Wildman–Crippen LogP) is 1.83. The molecule has 7 nitrogen and oxygen atoms in total. The van der Waals surface area contributed by atoms with E-state index in [0.717, 1.165) is 32.7 Å². The highest BCUT2D eigenvalue weighted by atomic mass is 19.1. The quantitative estimate of drug-likeness (QED) is 0.808. The zero-order valence-electron chi connectivity index (χ0n) is 16.6. The molecule has 156 valence electrons. The van der Waals surface area contributed by atoms with Crippen LogP contribution in [0.3, 0.4) is 0 Å². The van der Waals surface area contributed by atoms with Crippen LogP contribution in [0, 0.1) is 5.82 Å². The Morgan fingerprint density at radius 2 is 1.77 bits per heavy atom. The molecule has 0 bridgehead atoms. The van der Waals surface area contributed by atoms with E-state index in [0.29, 0.717) is 11.6 Å². The highest BCUT2D eigenvalue weighted by molar-refractivity contribution is 6.05. The van der Waals surface area contributed by atoms with Crippen LogP contribution in [0.25, 0.3) is 0 Å². The van der Waals surface area contributed by atoms with E-state index < -0.39 is 6.04 Å². The molecule has 2 heterocycles. The lowest BCUT2D eigenvalue weighted by Crippen LogP contribution is -2.56. The second-order valence-corrected chi connectivity index (χ2v) is 7.47. The van der Waals surface area contributed by atoms with Crippen molar-refractivity contribution in [3.8, 4) is 0 Å². The fourth-order valence-corrected chi connectivity index (χ4v) is 3.61. The summed E-state index contributed by atoms with van der Waals surface area (Å²) in [5.41, 5.74) is 1.74. The van der Waals surface area contributed by atoms with Crippen LogP contribution >= 0.6 is 0 Å². The number of hydrogen-bond donors (Lipinski definition) is 2. The zero-order chi connectivity index (χ0) is 20.9. The SMILES string of the molecule is O=C1C[C@H](C(=O)Nc2ccc(F)cc2)N=C(N2CCN(Cc3ccccc3)CC2)N1. The number of amides is 2. The molecule has 0 radical (unpaired) electrons. The van der Waals surface area contributed by atoms with E-state index in [4.69, 9.17) is 0 Å². The first-order valence-electron chi connectivity index (χ1n) is 10.0. The largest absolute Gasteiger partial charge is 0.340 e. The Balaban J connectivity index is 1.36. The minimum Gasteiger partial charge on any atom is -0.340 e. The van der Waals surface area contributed by atoms with Crippen LogP contribution in [0.15, 0.2) is 59.6 Å². The minimum atomic E-state index is -0.804. The number of aliphatic imine (C=N–C) groups is 1. The summed E-state index contributed by atoms with van der Waals surface area (Å²) in [7, 11) is 0. The maximum Gasteiger partial charge on any atom is 0.249 e. The summed E-state index contributed by atoms with van der Waals surface area (Å²) in [5.74, 6) is -0.538. The number of piperazine rings is 1. The summed E-state index contributed by atoms with van der Waals surface area (Å²) in [4.78, 5) is 33.6. The van der Waals surface area contributed by atoms with E-state index in [9.17, 15) is 14.0 Å². The van der Waals surface area contributed by atoms with Crippen molar-refractivity contribution in [2.45, 2.75) is 19.0 Å². The van der Waals surface area contributed by atoms with Crippen LogP contribution in [0.5, 0.6) is 0 Å². The third-order valence-corrected chi connectivity index (χ3v) is 5.24. The molecule has 0 saturated carbocycles. The van der Waals surface area contributed by atoms with E-state index in [1.54, 1.807) is 0 Å². The maximum absolute atomic E-state index is 13.0. The highest BCUT2D eigenvalue weighted by Gasteiger charge is 2.30. The molecular formula is C22H24FN5O2. The first kappa shape index (κ1) is 20.0. The Hall–Kier alpha value is -3.26. The van der Waals surface area contributed by atoms with Gasteiger partial charge in [0, 0.05) is 38.4 Å². The fraction of sp³-hybridized carbons (Fsp3) is 0.318. The molecule has 2 aliphatic heterocycles. The van der Waals surface area contributed by atoms with Crippen molar-refractivity contribution in [1.82, 2.24) is 15.1 Å². The van der Waals surface area contributed by atoms with Gasteiger partial charge in [0.05, 0.1) is 6.42 Å². The molecular weight excluding hydrogens is 385 g/mol. The van der Waals surface area contributed by atoms with Crippen molar-refractivity contribution in [3.63, 3.8) is 0 Å². The predicted molar refractivity (Wildman–Crippen MR) is 112 cm³/mol. The highest BCUT2D eigenvalue weighted by Crippen LogP contribution is 2.14. The summed E-state index contributed by atoms with van der Waals surface area (Å²) in [6.45, 7) is 4.01. The molecule has 0 spiro atoms. The van der Waals surface area contributed by atoms with Crippen LogP contribution in [-0.2, 0) is 16.1 Å². The number of carbonyl (C=O) groups excluding carboxylic acids is 2. The Bertz CT molecular complexity index is 924. The number of benzene rings is 2. The molecule has 0 aromatic heterocycles. The topological polar surface area (TPSA) is 77.0 Å². The van der Waals surface area contributed by atoms with Gasteiger partial charge in [-0.25, -0.2) is 9.38 Å². The molecule has 2 N–H and O–H groups in total. The van der Waals surface area contributed by atoms with Gasteiger partial charge in [0.1, 0.15) is 11.9 Å². The van der Waals surface area contributed by atoms with Crippen molar-refractivity contribution in [3.05, 3.63) is 66.0 Å². The van der Waals surface area contributed by atoms with E-state index >= 15 is 0 Å². The van der Waals surface area contributed by atoms with Gasteiger partial charge in [0.2, 0.25) is 17.8 Å². The van der Waals surface area contributed by atoms with Gasteiger partial charge in [-0.05, 0) is 29.8 Å². The molecule has 8 heteroatoms. The number of hydrogen-bond acceptors (Lipinski definition) is 5. The monoisotopic (exact) mass is 409 g/mol.